The minimum absolute atomic E-state index is 0.923. The Morgan fingerprint density at radius 3 is 2.82 bits per heavy atom. The Labute approximate surface area is 118 Å². The van der Waals surface area contributed by atoms with Gasteiger partial charge in [0.05, 0.1) is 0 Å². The van der Waals surface area contributed by atoms with Gasteiger partial charge in [0.25, 0.3) is 0 Å². The van der Waals surface area contributed by atoms with E-state index in [4.69, 9.17) is 0 Å². The van der Waals surface area contributed by atoms with Crippen LogP contribution in [0.15, 0.2) is 39.8 Å². The molecule has 1 N–H and O–H groups in total. The van der Waals surface area contributed by atoms with E-state index in [1.807, 2.05) is 18.0 Å². The molecule has 90 valence electrons. The molecule has 0 aliphatic carbocycles. The standard InChI is InChI=1S/C12H13BrN2S2/c1-2-14-12-15-7-11(17-12)8-16-10-5-3-9(13)4-6-10/h3-7H,2,8H2,1H3,(H,14,15). The second kappa shape index (κ2) is 6.42. The fourth-order valence-corrected chi connectivity index (χ4v) is 3.36. The predicted molar refractivity (Wildman–Crippen MR) is 80.0 cm³/mol. The maximum absolute atomic E-state index is 4.32. The van der Waals surface area contributed by atoms with Gasteiger partial charge in [0.2, 0.25) is 0 Å². The van der Waals surface area contributed by atoms with Gasteiger partial charge in [0.15, 0.2) is 5.13 Å². The van der Waals surface area contributed by atoms with Gasteiger partial charge < -0.3 is 5.32 Å². The van der Waals surface area contributed by atoms with Crippen molar-refractivity contribution in [3.8, 4) is 0 Å². The van der Waals surface area contributed by atoms with Crippen LogP contribution in [-0.2, 0) is 5.75 Å². The molecule has 0 amide bonds. The second-order valence-electron chi connectivity index (χ2n) is 3.40. The van der Waals surface area contributed by atoms with Crippen molar-refractivity contribution >= 4 is 44.2 Å². The molecule has 0 bridgehead atoms. The highest BCUT2D eigenvalue weighted by Crippen LogP contribution is 2.28. The molecule has 0 radical (unpaired) electrons. The normalized spacial score (nSPS) is 10.5. The van der Waals surface area contributed by atoms with Gasteiger partial charge in [0, 0.05) is 32.7 Å². The van der Waals surface area contributed by atoms with E-state index >= 15 is 0 Å². The zero-order valence-corrected chi connectivity index (χ0v) is 12.7. The molecule has 0 aliphatic heterocycles. The van der Waals surface area contributed by atoms with E-state index in [0.717, 1.165) is 21.9 Å². The van der Waals surface area contributed by atoms with Gasteiger partial charge in [-0.1, -0.05) is 15.9 Å². The van der Waals surface area contributed by atoms with Crippen molar-refractivity contribution in [3.05, 3.63) is 39.8 Å². The highest BCUT2D eigenvalue weighted by Gasteiger charge is 2.02. The van der Waals surface area contributed by atoms with Crippen LogP contribution in [0.4, 0.5) is 5.13 Å². The van der Waals surface area contributed by atoms with Crippen molar-refractivity contribution < 1.29 is 0 Å². The zero-order valence-electron chi connectivity index (χ0n) is 9.44. The summed E-state index contributed by atoms with van der Waals surface area (Å²) < 4.78 is 1.12. The van der Waals surface area contributed by atoms with Crippen molar-refractivity contribution in [1.82, 2.24) is 4.98 Å². The van der Waals surface area contributed by atoms with Gasteiger partial charge in [-0.2, -0.15) is 0 Å². The first-order valence-corrected chi connectivity index (χ1v) is 7.94. The molecule has 5 heteroatoms. The Hall–Kier alpha value is -0.520. The molecule has 2 rings (SSSR count). The molecule has 2 nitrogen and oxygen atoms in total. The summed E-state index contributed by atoms with van der Waals surface area (Å²) in [7, 11) is 0. The number of nitrogens with one attached hydrogen (secondary N) is 1. The third-order valence-electron chi connectivity index (χ3n) is 2.08. The number of anilines is 1. The molecule has 1 heterocycles. The molecular weight excluding hydrogens is 316 g/mol. The molecule has 2 aromatic rings. The van der Waals surface area contributed by atoms with Crippen LogP contribution in [0, 0.1) is 0 Å². The first kappa shape index (κ1) is 12.9. The lowest BCUT2D eigenvalue weighted by molar-refractivity contribution is 1.19. The van der Waals surface area contributed by atoms with Crippen molar-refractivity contribution in [2.75, 3.05) is 11.9 Å². The Balaban J connectivity index is 1.90. The van der Waals surface area contributed by atoms with Crippen molar-refractivity contribution in [3.63, 3.8) is 0 Å². The highest BCUT2D eigenvalue weighted by atomic mass is 79.9. The number of benzene rings is 1. The quantitative estimate of drug-likeness (QED) is 0.810. The van der Waals surface area contributed by atoms with Crippen LogP contribution in [0.25, 0.3) is 0 Å². The van der Waals surface area contributed by atoms with E-state index in [-0.39, 0.29) is 0 Å². The lowest BCUT2D eigenvalue weighted by Gasteiger charge is -1.99. The largest absolute Gasteiger partial charge is 0.362 e. The van der Waals surface area contributed by atoms with E-state index in [0.29, 0.717) is 0 Å². The average molecular weight is 329 g/mol. The molecule has 1 aromatic heterocycles. The summed E-state index contributed by atoms with van der Waals surface area (Å²) in [5.41, 5.74) is 0. The number of rotatable bonds is 5. The van der Waals surface area contributed by atoms with Crippen LogP contribution >= 0.6 is 39.0 Å². The summed E-state index contributed by atoms with van der Waals surface area (Å²) >= 11 is 7.00. The summed E-state index contributed by atoms with van der Waals surface area (Å²) in [5, 5.41) is 4.24. The molecule has 17 heavy (non-hydrogen) atoms. The smallest absolute Gasteiger partial charge is 0.182 e. The van der Waals surface area contributed by atoms with Crippen LogP contribution in [0.1, 0.15) is 11.8 Å². The molecule has 0 fully saturated rings. The molecular formula is C12H13BrN2S2. The lowest BCUT2D eigenvalue weighted by atomic mass is 10.4. The van der Waals surface area contributed by atoms with Gasteiger partial charge in [0.1, 0.15) is 0 Å². The molecule has 0 unspecified atom stereocenters. The Morgan fingerprint density at radius 1 is 1.35 bits per heavy atom. The summed E-state index contributed by atoms with van der Waals surface area (Å²) in [4.78, 5) is 6.90. The number of aromatic nitrogens is 1. The van der Waals surface area contributed by atoms with E-state index in [1.54, 1.807) is 11.3 Å². The minimum atomic E-state index is 0.923. The van der Waals surface area contributed by atoms with Crippen LogP contribution in [0.3, 0.4) is 0 Å². The molecule has 0 saturated heterocycles. The number of hydrogen-bond acceptors (Lipinski definition) is 4. The summed E-state index contributed by atoms with van der Waals surface area (Å²) in [5.74, 6) is 0.977. The highest BCUT2D eigenvalue weighted by molar-refractivity contribution is 9.10. The fraction of sp³-hybridized carbons (Fsp3) is 0.250. The molecule has 0 spiro atoms. The van der Waals surface area contributed by atoms with Crippen LogP contribution in [0.5, 0.6) is 0 Å². The molecule has 0 atom stereocenters. The lowest BCUT2D eigenvalue weighted by Crippen LogP contribution is -1.94. The fourth-order valence-electron chi connectivity index (χ4n) is 1.29. The molecule has 0 saturated carbocycles. The number of thioether (sulfide) groups is 1. The Bertz CT molecular complexity index is 468. The first-order chi connectivity index (χ1) is 8.28. The monoisotopic (exact) mass is 328 g/mol. The van der Waals surface area contributed by atoms with Gasteiger partial charge >= 0.3 is 0 Å². The number of thiazole rings is 1. The van der Waals surface area contributed by atoms with E-state index < -0.39 is 0 Å². The Kier molecular flexibility index (Phi) is 4.88. The number of halogens is 1. The third kappa shape index (κ3) is 4.01. The van der Waals surface area contributed by atoms with Crippen molar-refractivity contribution in [1.29, 1.82) is 0 Å². The predicted octanol–water partition coefficient (Wildman–Crippen LogP) is 4.63. The van der Waals surface area contributed by atoms with Gasteiger partial charge in [-0.05, 0) is 31.2 Å². The topological polar surface area (TPSA) is 24.9 Å². The number of hydrogen-bond donors (Lipinski definition) is 1. The van der Waals surface area contributed by atoms with Gasteiger partial charge in [-0.25, -0.2) is 4.98 Å². The van der Waals surface area contributed by atoms with Crippen LogP contribution in [0.2, 0.25) is 0 Å². The minimum Gasteiger partial charge on any atom is -0.362 e. The maximum Gasteiger partial charge on any atom is 0.182 e. The van der Waals surface area contributed by atoms with E-state index in [9.17, 15) is 0 Å². The molecule has 1 aromatic carbocycles. The third-order valence-corrected chi connectivity index (χ3v) is 4.80. The number of nitrogens with zero attached hydrogens (tertiary/aromatic N) is 1. The van der Waals surface area contributed by atoms with E-state index in [1.165, 1.54) is 9.77 Å². The second-order valence-corrected chi connectivity index (χ2v) is 6.48. The van der Waals surface area contributed by atoms with E-state index in [2.05, 4.69) is 57.4 Å². The van der Waals surface area contributed by atoms with Crippen molar-refractivity contribution in [2.45, 2.75) is 17.6 Å². The summed E-state index contributed by atoms with van der Waals surface area (Å²) in [6.45, 7) is 3.00. The van der Waals surface area contributed by atoms with Crippen LogP contribution in [-0.4, -0.2) is 11.5 Å². The summed E-state index contributed by atoms with van der Waals surface area (Å²) in [6, 6.07) is 8.39. The maximum atomic E-state index is 4.32. The van der Waals surface area contributed by atoms with Crippen molar-refractivity contribution in [2.24, 2.45) is 0 Å². The van der Waals surface area contributed by atoms with Crippen LogP contribution < -0.4 is 5.32 Å². The summed E-state index contributed by atoms with van der Waals surface area (Å²) in [6.07, 6.45) is 1.95. The molecule has 0 aliphatic rings. The zero-order chi connectivity index (χ0) is 12.1. The SMILES string of the molecule is CCNc1ncc(CSc2ccc(Br)cc2)s1. The van der Waals surface area contributed by atoms with Gasteiger partial charge in [-0.3, -0.25) is 0 Å². The van der Waals surface area contributed by atoms with Gasteiger partial charge in [-0.15, -0.1) is 23.1 Å². The first-order valence-electron chi connectivity index (χ1n) is 5.35. The Morgan fingerprint density at radius 2 is 2.12 bits per heavy atom. The average Bonchev–Trinajstić information content (AvgIpc) is 2.77.